The van der Waals surface area contributed by atoms with E-state index in [9.17, 15) is 19.4 Å². The molecule has 7 heteroatoms. The van der Waals surface area contributed by atoms with E-state index in [4.69, 9.17) is 4.74 Å². The molecule has 21 heavy (non-hydrogen) atoms. The van der Waals surface area contributed by atoms with Gasteiger partial charge in [0.1, 0.15) is 5.60 Å². The fraction of sp³-hybridized carbons (Fsp3) is 0.571. The normalized spacial score (nSPS) is 22.4. The molecule has 1 amide bonds. The van der Waals surface area contributed by atoms with Gasteiger partial charge in [0.05, 0.1) is 24.9 Å². The van der Waals surface area contributed by atoms with Crippen molar-refractivity contribution in [2.45, 2.75) is 44.9 Å². The second kappa shape index (κ2) is 5.48. The zero-order valence-electron chi connectivity index (χ0n) is 12.2. The molecule has 2 atom stereocenters. The standard InChI is InChI=1S/C14H19FN2O4/c1-14(2,3)21-13(20)17-7-8(18)4-11(17)9-5-16-6-10(15)12(9)19/h5-6,8,11,18H,4,7H2,1-3H3,(H,16,19)/t8-,11+/m1/s1. The number of halogens is 1. The number of pyridine rings is 1. The van der Waals surface area contributed by atoms with Gasteiger partial charge in [0.2, 0.25) is 0 Å². The van der Waals surface area contributed by atoms with Crippen LogP contribution < -0.4 is 0 Å². The summed E-state index contributed by atoms with van der Waals surface area (Å²) in [6.07, 6.45) is 0.997. The molecule has 1 fully saturated rings. The van der Waals surface area contributed by atoms with E-state index >= 15 is 0 Å². The molecular weight excluding hydrogens is 279 g/mol. The van der Waals surface area contributed by atoms with E-state index in [1.165, 1.54) is 11.1 Å². The number of β-amino-alcohol motifs (C(OH)–C–C–N with tert-alkyl or cyclic N) is 1. The lowest BCUT2D eigenvalue weighted by Crippen LogP contribution is -2.37. The summed E-state index contributed by atoms with van der Waals surface area (Å²) in [5.74, 6) is -1.42. The molecule has 0 bridgehead atoms. The maximum Gasteiger partial charge on any atom is 0.410 e. The topological polar surface area (TPSA) is 82.9 Å². The summed E-state index contributed by atoms with van der Waals surface area (Å²) < 4.78 is 18.7. The minimum absolute atomic E-state index is 0.0650. The van der Waals surface area contributed by atoms with Crippen LogP contribution in [0.15, 0.2) is 12.4 Å². The van der Waals surface area contributed by atoms with E-state index in [1.54, 1.807) is 20.8 Å². The number of hydrogen-bond donors (Lipinski definition) is 2. The first-order valence-corrected chi connectivity index (χ1v) is 6.69. The van der Waals surface area contributed by atoms with Crippen LogP contribution in [-0.4, -0.2) is 44.4 Å². The number of hydrogen-bond acceptors (Lipinski definition) is 5. The van der Waals surface area contributed by atoms with E-state index in [-0.39, 0.29) is 18.5 Å². The van der Waals surface area contributed by atoms with Crippen LogP contribution in [-0.2, 0) is 4.74 Å². The first-order chi connectivity index (χ1) is 9.69. The zero-order chi connectivity index (χ0) is 15.8. The van der Waals surface area contributed by atoms with E-state index in [2.05, 4.69) is 4.98 Å². The van der Waals surface area contributed by atoms with Gasteiger partial charge < -0.3 is 14.9 Å². The molecule has 2 N–H and O–H groups in total. The Hall–Kier alpha value is -1.89. The van der Waals surface area contributed by atoms with Crippen molar-refractivity contribution < 1.29 is 24.1 Å². The van der Waals surface area contributed by atoms with Crippen LogP contribution in [0, 0.1) is 5.82 Å². The number of carbonyl (C=O) groups excluding carboxylic acids is 1. The Labute approximate surface area is 122 Å². The summed E-state index contributed by atoms with van der Waals surface area (Å²) in [4.78, 5) is 17.2. The Morgan fingerprint density at radius 3 is 2.76 bits per heavy atom. The minimum atomic E-state index is -0.863. The maximum atomic E-state index is 13.4. The molecule has 1 aromatic rings. The Morgan fingerprint density at radius 2 is 2.14 bits per heavy atom. The third kappa shape index (κ3) is 3.41. The zero-order valence-corrected chi connectivity index (χ0v) is 12.2. The van der Waals surface area contributed by atoms with E-state index < -0.39 is 35.4 Å². The maximum absolute atomic E-state index is 13.4. The van der Waals surface area contributed by atoms with Crippen molar-refractivity contribution in [1.29, 1.82) is 0 Å². The van der Waals surface area contributed by atoms with Gasteiger partial charge in [-0.2, -0.15) is 0 Å². The largest absolute Gasteiger partial charge is 0.504 e. The predicted octanol–water partition coefficient (Wildman–Crippen LogP) is 1.97. The summed E-state index contributed by atoms with van der Waals surface area (Å²) in [7, 11) is 0. The summed E-state index contributed by atoms with van der Waals surface area (Å²) in [5.41, 5.74) is -0.519. The van der Waals surface area contributed by atoms with Gasteiger partial charge in [0.25, 0.3) is 0 Å². The fourth-order valence-corrected chi connectivity index (χ4v) is 2.32. The molecule has 1 aromatic heterocycles. The summed E-state index contributed by atoms with van der Waals surface area (Å²) in [5, 5.41) is 19.6. The molecule has 0 aromatic carbocycles. The number of aliphatic hydroxyl groups excluding tert-OH is 1. The third-order valence-electron chi connectivity index (χ3n) is 3.17. The lowest BCUT2D eigenvalue weighted by molar-refractivity contribution is 0.0205. The monoisotopic (exact) mass is 298 g/mol. The molecule has 0 spiro atoms. The number of nitrogens with zero attached hydrogens (tertiary/aromatic N) is 2. The summed E-state index contributed by atoms with van der Waals surface area (Å²) >= 11 is 0. The Bertz CT molecular complexity index is 544. The molecule has 0 radical (unpaired) electrons. The number of rotatable bonds is 1. The van der Waals surface area contributed by atoms with Gasteiger partial charge in [-0.15, -0.1) is 0 Å². The average molecular weight is 298 g/mol. The van der Waals surface area contributed by atoms with Gasteiger partial charge in [0, 0.05) is 11.8 Å². The Kier molecular flexibility index (Phi) is 4.04. The van der Waals surface area contributed by atoms with Crippen LogP contribution in [0.25, 0.3) is 0 Å². The smallest absolute Gasteiger partial charge is 0.410 e. The van der Waals surface area contributed by atoms with E-state index in [0.717, 1.165) is 6.20 Å². The summed E-state index contributed by atoms with van der Waals surface area (Å²) in [6, 6.07) is -0.668. The lowest BCUT2D eigenvalue weighted by Gasteiger charge is -2.28. The van der Waals surface area contributed by atoms with Crippen LogP contribution in [0.2, 0.25) is 0 Å². The van der Waals surface area contributed by atoms with E-state index in [1.807, 2.05) is 0 Å². The van der Waals surface area contributed by atoms with Crippen molar-refractivity contribution in [3.8, 4) is 5.75 Å². The van der Waals surface area contributed by atoms with Crippen molar-refractivity contribution in [3.05, 3.63) is 23.8 Å². The molecule has 1 aliphatic rings. The first-order valence-electron chi connectivity index (χ1n) is 6.69. The van der Waals surface area contributed by atoms with Crippen molar-refractivity contribution in [2.75, 3.05) is 6.54 Å². The number of amides is 1. The van der Waals surface area contributed by atoms with Gasteiger partial charge in [-0.1, -0.05) is 0 Å². The molecule has 2 heterocycles. The third-order valence-corrected chi connectivity index (χ3v) is 3.17. The molecule has 1 saturated heterocycles. The van der Waals surface area contributed by atoms with Crippen LogP contribution in [0.4, 0.5) is 9.18 Å². The number of ether oxygens (including phenoxy) is 1. The minimum Gasteiger partial charge on any atom is -0.504 e. The highest BCUT2D eigenvalue weighted by atomic mass is 19.1. The molecule has 116 valence electrons. The second-order valence-electron chi connectivity index (χ2n) is 6.10. The van der Waals surface area contributed by atoms with Crippen molar-refractivity contribution in [1.82, 2.24) is 9.88 Å². The van der Waals surface area contributed by atoms with Crippen molar-refractivity contribution >= 4 is 6.09 Å². The fourth-order valence-electron chi connectivity index (χ4n) is 2.32. The number of likely N-dealkylation sites (tertiary alicyclic amines) is 1. The quantitative estimate of drug-likeness (QED) is 0.828. The van der Waals surface area contributed by atoms with Crippen LogP contribution in [0.5, 0.6) is 5.75 Å². The molecule has 0 saturated carbocycles. The van der Waals surface area contributed by atoms with Crippen LogP contribution in [0.1, 0.15) is 38.8 Å². The molecule has 0 aliphatic carbocycles. The number of aromatic nitrogens is 1. The highest BCUT2D eigenvalue weighted by Gasteiger charge is 2.39. The van der Waals surface area contributed by atoms with E-state index in [0.29, 0.717) is 0 Å². The lowest BCUT2D eigenvalue weighted by atomic mass is 10.1. The molecule has 1 aliphatic heterocycles. The van der Waals surface area contributed by atoms with Gasteiger partial charge in [0.15, 0.2) is 11.6 Å². The van der Waals surface area contributed by atoms with Crippen LogP contribution in [0.3, 0.4) is 0 Å². The molecular formula is C14H19FN2O4. The number of aromatic hydroxyl groups is 1. The molecule has 0 unspecified atom stereocenters. The van der Waals surface area contributed by atoms with Gasteiger partial charge in [-0.25, -0.2) is 9.18 Å². The van der Waals surface area contributed by atoms with Gasteiger partial charge >= 0.3 is 6.09 Å². The molecule has 2 rings (SSSR count). The Balaban J connectivity index is 2.29. The number of aliphatic hydroxyl groups is 1. The summed E-state index contributed by atoms with van der Waals surface area (Å²) in [6.45, 7) is 5.25. The molecule has 6 nitrogen and oxygen atoms in total. The Morgan fingerprint density at radius 1 is 1.48 bits per heavy atom. The van der Waals surface area contributed by atoms with Gasteiger partial charge in [-0.05, 0) is 27.2 Å². The number of carbonyl (C=O) groups is 1. The van der Waals surface area contributed by atoms with Crippen LogP contribution >= 0.6 is 0 Å². The highest BCUT2D eigenvalue weighted by Crippen LogP contribution is 2.37. The SMILES string of the molecule is CC(C)(C)OC(=O)N1C[C@H](O)C[C@H]1c1cncc(F)c1O. The first kappa shape index (κ1) is 15.5. The van der Waals surface area contributed by atoms with Gasteiger partial charge in [-0.3, -0.25) is 9.88 Å². The second-order valence-corrected chi connectivity index (χ2v) is 6.10. The highest BCUT2D eigenvalue weighted by molar-refractivity contribution is 5.69. The van der Waals surface area contributed by atoms with Crippen molar-refractivity contribution in [2.24, 2.45) is 0 Å². The average Bonchev–Trinajstić information content (AvgIpc) is 2.73. The van der Waals surface area contributed by atoms with Crippen molar-refractivity contribution in [3.63, 3.8) is 0 Å². The predicted molar refractivity (Wildman–Crippen MR) is 72.2 cm³/mol.